The zero-order valence-corrected chi connectivity index (χ0v) is 10.9. The summed E-state index contributed by atoms with van der Waals surface area (Å²) < 4.78 is 27.9. The van der Waals surface area contributed by atoms with Crippen molar-refractivity contribution >= 4 is 5.91 Å². The molecule has 0 atom stereocenters. The SMILES string of the molecule is COCCOCC(=O)NCCOc1cccc(F)c1. The minimum Gasteiger partial charge on any atom is -0.492 e. The number of carbonyl (C=O) groups excluding carboxylic acids is 1. The second-order valence-corrected chi connectivity index (χ2v) is 3.70. The van der Waals surface area contributed by atoms with Gasteiger partial charge in [-0.15, -0.1) is 0 Å². The molecule has 0 aliphatic heterocycles. The molecule has 0 saturated carbocycles. The summed E-state index contributed by atoms with van der Waals surface area (Å²) in [6, 6.07) is 5.84. The van der Waals surface area contributed by atoms with E-state index in [1.807, 2.05) is 0 Å². The molecule has 0 aromatic heterocycles. The summed E-state index contributed by atoms with van der Waals surface area (Å²) in [6.07, 6.45) is 0. The van der Waals surface area contributed by atoms with Crippen molar-refractivity contribution in [2.45, 2.75) is 0 Å². The van der Waals surface area contributed by atoms with E-state index in [0.29, 0.717) is 25.5 Å². The Morgan fingerprint density at radius 1 is 1.32 bits per heavy atom. The van der Waals surface area contributed by atoms with E-state index in [2.05, 4.69) is 5.32 Å². The number of methoxy groups -OCH3 is 1. The molecule has 1 N–H and O–H groups in total. The molecule has 1 aromatic rings. The van der Waals surface area contributed by atoms with Crippen LogP contribution in [0.1, 0.15) is 0 Å². The third-order valence-electron chi connectivity index (χ3n) is 2.15. The van der Waals surface area contributed by atoms with Crippen molar-refractivity contribution in [3.63, 3.8) is 0 Å². The molecule has 0 fully saturated rings. The Labute approximate surface area is 111 Å². The van der Waals surface area contributed by atoms with Crippen LogP contribution in [0.25, 0.3) is 0 Å². The molecule has 0 unspecified atom stereocenters. The normalized spacial score (nSPS) is 10.2. The Balaban J connectivity index is 2.05. The van der Waals surface area contributed by atoms with E-state index in [9.17, 15) is 9.18 Å². The monoisotopic (exact) mass is 271 g/mol. The highest BCUT2D eigenvalue weighted by molar-refractivity contribution is 5.77. The second-order valence-electron chi connectivity index (χ2n) is 3.70. The van der Waals surface area contributed by atoms with Gasteiger partial charge in [-0.05, 0) is 12.1 Å². The summed E-state index contributed by atoms with van der Waals surface area (Å²) in [5.74, 6) is -0.141. The molecule has 5 nitrogen and oxygen atoms in total. The van der Waals surface area contributed by atoms with E-state index in [1.54, 1.807) is 19.2 Å². The summed E-state index contributed by atoms with van der Waals surface area (Å²) in [4.78, 5) is 11.3. The molecule has 19 heavy (non-hydrogen) atoms. The van der Waals surface area contributed by atoms with Gasteiger partial charge in [-0.25, -0.2) is 4.39 Å². The van der Waals surface area contributed by atoms with Crippen LogP contribution in [0.3, 0.4) is 0 Å². The van der Waals surface area contributed by atoms with Gasteiger partial charge in [0, 0.05) is 13.2 Å². The minimum atomic E-state index is -0.354. The van der Waals surface area contributed by atoms with Gasteiger partial charge >= 0.3 is 0 Å². The molecule has 106 valence electrons. The highest BCUT2D eigenvalue weighted by Gasteiger charge is 2.01. The van der Waals surface area contributed by atoms with Gasteiger partial charge in [-0.3, -0.25) is 4.79 Å². The molecule has 0 radical (unpaired) electrons. The van der Waals surface area contributed by atoms with Gasteiger partial charge in [0.25, 0.3) is 0 Å². The molecule has 0 bridgehead atoms. The molecule has 0 aliphatic carbocycles. The third kappa shape index (κ3) is 7.38. The fourth-order valence-corrected chi connectivity index (χ4v) is 1.27. The molecule has 1 amide bonds. The highest BCUT2D eigenvalue weighted by atomic mass is 19.1. The Bertz CT molecular complexity index is 387. The average Bonchev–Trinajstić information content (AvgIpc) is 2.40. The van der Waals surface area contributed by atoms with Crippen molar-refractivity contribution in [2.75, 3.05) is 40.1 Å². The van der Waals surface area contributed by atoms with Gasteiger partial charge in [0.1, 0.15) is 24.8 Å². The quantitative estimate of drug-likeness (QED) is 0.680. The number of rotatable bonds is 9. The zero-order valence-electron chi connectivity index (χ0n) is 10.9. The van der Waals surface area contributed by atoms with Gasteiger partial charge in [0.05, 0.1) is 19.8 Å². The number of amides is 1. The van der Waals surface area contributed by atoms with E-state index in [4.69, 9.17) is 14.2 Å². The van der Waals surface area contributed by atoms with Crippen molar-refractivity contribution in [3.8, 4) is 5.75 Å². The van der Waals surface area contributed by atoms with E-state index in [-0.39, 0.29) is 24.9 Å². The maximum Gasteiger partial charge on any atom is 0.246 e. The van der Waals surface area contributed by atoms with Crippen LogP contribution >= 0.6 is 0 Å². The Kier molecular flexibility index (Phi) is 7.53. The Hall–Kier alpha value is -1.66. The molecule has 1 rings (SSSR count). The lowest BCUT2D eigenvalue weighted by atomic mass is 10.3. The van der Waals surface area contributed by atoms with Crippen molar-refractivity contribution < 1.29 is 23.4 Å². The molecular weight excluding hydrogens is 253 g/mol. The van der Waals surface area contributed by atoms with E-state index in [1.165, 1.54) is 12.1 Å². The molecule has 0 saturated heterocycles. The number of carbonyl (C=O) groups is 1. The van der Waals surface area contributed by atoms with E-state index < -0.39 is 0 Å². The third-order valence-corrected chi connectivity index (χ3v) is 2.15. The topological polar surface area (TPSA) is 56.8 Å². The van der Waals surface area contributed by atoms with Crippen LogP contribution in [0.15, 0.2) is 24.3 Å². The molecular formula is C13H18FNO4. The predicted octanol–water partition coefficient (Wildman–Crippen LogP) is 0.984. The average molecular weight is 271 g/mol. The fraction of sp³-hybridized carbons (Fsp3) is 0.462. The second kappa shape index (κ2) is 9.29. The molecule has 0 heterocycles. The largest absolute Gasteiger partial charge is 0.492 e. The number of halogens is 1. The first-order valence-electron chi connectivity index (χ1n) is 5.94. The minimum absolute atomic E-state index is 0.0106. The molecule has 0 aliphatic rings. The first kappa shape index (κ1) is 15.4. The molecule has 0 spiro atoms. The van der Waals surface area contributed by atoms with Gasteiger partial charge in [-0.1, -0.05) is 6.07 Å². The summed E-state index contributed by atoms with van der Waals surface area (Å²) in [5, 5.41) is 2.62. The molecule has 6 heteroatoms. The number of hydrogen-bond donors (Lipinski definition) is 1. The summed E-state index contributed by atoms with van der Waals surface area (Å²) in [7, 11) is 1.56. The summed E-state index contributed by atoms with van der Waals surface area (Å²) in [6.45, 7) is 1.43. The van der Waals surface area contributed by atoms with Crippen molar-refractivity contribution in [1.82, 2.24) is 5.32 Å². The number of hydrogen-bond acceptors (Lipinski definition) is 4. The lowest BCUT2D eigenvalue weighted by Crippen LogP contribution is -2.31. The first-order chi connectivity index (χ1) is 9.22. The smallest absolute Gasteiger partial charge is 0.246 e. The summed E-state index contributed by atoms with van der Waals surface area (Å²) >= 11 is 0. The maximum atomic E-state index is 12.8. The van der Waals surface area contributed by atoms with Gasteiger partial charge in [0.2, 0.25) is 5.91 Å². The van der Waals surface area contributed by atoms with Crippen molar-refractivity contribution in [1.29, 1.82) is 0 Å². The molecule has 1 aromatic carbocycles. The van der Waals surface area contributed by atoms with Gasteiger partial charge < -0.3 is 19.5 Å². The first-order valence-corrected chi connectivity index (χ1v) is 5.94. The standard InChI is InChI=1S/C13H18FNO4/c1-17-7-8-18-10-13(16)15-5-6-19-12-4-2-3-11(14)9-12/h2-4,9H,5-8,10H2,1H3,(H,15,16). The number of nitrogens with one attached hydrogen (secondary N) is 1. The van der Waals surface area contributed by atoms with Crippen LogP contribution in [0, 0.1) is 5.82 Å². The van der Waals surface area contributed by atoms with Crippen molar-refractivity contribution in [2.24, 2.45) is 0 Å². The van der Waals surface area contributed by atoms with Crippen LogP contribution in [0.4, 0.5) is 4.39 Å². The maximum absolute atomic E-state index is 12.8. The van der Waals surface area contributed by atoms with Crippen molar-refractivity contribution in [3.05, 3.63) is 30.1 Å². The van der Waals surface area contributed by atoms with E-state index >= 15 is 0 Å². The lowest BCUT2D eigenvalue weighted by molar-refractivity contribution is -0.126. The predicted molar refractivity (Wildman–Crippen MR) is 67.6 cm³/mol. The van der Waals surface area contributed by atoms with Gasteiger partial charge in [0.15, 0.2) is 0 Å². The Morgan fingerprint density at radius 3 is 2.89 bits per heavy atom. The Morgan fingerprint density at radius 2 is 2.16 bits per heavy atom. The van der Waals surface area contributed by atoms with E-state index in [0.717, 1.165) is 0 Å². The summed E-state index contributed by atoms with van der Waals surface area (Å²) in [5.41, 5.74) is 0. The van der Waals surface area contributed by atoms with Crippen LogP contribution in [-0.4, -0.2) is 46.0 Å². The highest BCUT2D eigenvalue weighted by Crippen LogP contribution is 2.11. The fourth-order valence-electron chi connectivity index (χ4n) is 1.27. The van der Waals surface area contributed by atoms with Gasteiger partial charge in [-0.2, -0.15) is 0 Å². The van der Waals surface area contributed by atoms with Crippen LogP contribution in [0.2, 0.25) is 0 Å². The van der Waals surface area contributed by atoms with Crippen LogP contribution in [-0.2, 0) is 14.3 Å². The van der Waals surface area contributed by atoms with Crippen LogP contribution in [0.5, 0.6) is 5.75 Å². The van der Waals surface area contributed by atoms with Crippen LogP contribution < -0.4 is 10.1 Å². The zero-order chi connectivity index (χ0) is 13.9. The lowest BCUT2D eigenvalue weighted by Gasteiger charge is -2.08. The number of benzene rings is 1. The number of ether oxygens (including phenoxy) is 3.